The van der Waals surface area contributed by atoms with Crippen molar-refractivity contribution in [3.8, 4) is 0 Å². The van der Waals surface area contributed by atoms with E-state index in [1.54, 1.807) is 13.8 Å². The van der Waals surface area contributed by atoms with E-state index in [1.165, 1.54) is 6.26 Å². The zero-order chi connectivity index (χ0) is 14.8. The number of esters is 1. The molecule has 1 N–H and O–H groups in total. The predicted molar refractivity (Wildman–Crippen MR) is 75.9 cm³/mol. The van der Waals surface area contributed by atoms with Crippen LogP contribution in [0.3, 0.4) is 0 Å². The quantitative estimate of drug-likeness (QED) is 0.337. The van der Waals surface area contributed by atoms with Crippen molar-refractivity contribution >= 4 is 12.1 Å². The standard InChI is InChI=1S/C15H23NO4/c1-12(2)14(17)19-11-9-16-15(18)20-10-5-8-13-6-3-4-7-13/h3,5-6,10,12-13H,4,7-9,11H2,1-2H3,(H,16,18). The molecule has 1 aliphatic rings. The number of alkyl carbamates (subject to hydrolysis) is 1. The lowest BCUT2D eigenvalue weighted by molar-refractivity contribution is -0.147. The predicted octanol–water partition coefficient (Wildman–Crippen LogP) is 2.78. The lowest BCUT2D eigenvalue weighted by atomic mass is 10.1. The molecule has 0 saturated heterocycles. The first kappa shape index (κ1) is 16.3. The Balaban J connectivity index is 2.01. The topological polar surface area (TPSA) is 64.6 Å². The van der Waals surface area contributed by atoms with Crippen LogP contribution in [-0.4, -0.2) is 25.2 Å². The molecule has 5 nitrogen and oxygen atoms in total. The number of allylic oxidation sites excluding steroid dienone is 3. The molecule has 5 heteroatoms. The van der Waals surface area contributed by atoms with Gasteiger partial charge in [-0.25, -0.2) is 4.79 Å². The van der Waals surface area contributed by atoms with E-state index in [0.717, 1.165) is 19.3 Å². The Bertz CT molecular complexity index is 374. The zero-order valence-corrected chi connectivity index (χ0v) is 12.1. The number of hydrogen-bond acceptors (Lipinski definition) is 4. The first-order valence-electron chi connectivity index (χ1n) is 7.02. The molecule has 0 fully saturated rings. The Morgan fingerprint density at radius 2 is 2.25 bits per heavy atom. The van der Waals surface area contributed by atoms with Crippen LogP contribution >= 0.6 is 0 Å². The number of nitrogens with one attached hydrogen (secondary N) is 1. The van der Waals surface area contributed by atoms with E-state index in [0.29, 0.717) is 5.92 Å². The van der Waals surface area contributed by atoms with Crippen LogP contribution in [0.15, 0.2) is 24.5 Å². The van der Waals surface area contributed by atoms with Crippen molar-refractivity contribution in [1.82, 2.24) is 5.32 Å². The van der Waals surface area contributed by atoms with E-state index in [9.17, 15) is 9.59 Å². The summed E-state index contributed by atoms with van der Waals surface area (Å²) in [6.07, 6.45) is 10.3. The molecule has 1 unspecified atom stereocenters. The van der Waals surface area contributed by atoms with Gasteiger partial charge < -0.3 is 14.8 Å². The van der Waals surface area contributed by atoms with Crippen LogP contribution in [0.1, 0.15) is 33.1 Å². The van der Waals surface area contributed by atoms with Gasteiger partial charge in [0, 0.05) is 0 Å². The van der Waals surface area contributed by atoms with Gasteiger partial charge in [0.05, 0.1) is 18.7 Å². The van der Waals surface area contributed by atoms with E-state index in [1.807, 2.05) is 6.08 Å². The van der Waals surface area contributed by atoms with Crippen molar-refractivity contribution in [2.45, 2.75) is 33.1 Å². The summed E-state index contributed by atoms with van der Waals surface area (Å²) in [5.74, 6) is 0.132. The monoisotopic (exact) mass is 281 g/mol. The van der Waals surface area contributed by atoms with Crippen molar-refractivity contribution in [2.75, 3.05) is 13.2 Å². The first-order chi connectivity index (χ1) is 9.59. The summed E-state index contributed by atoms with van der Waals surface area (Å²) in [4.78, 5) is 22.4. The highest BCUT2D eigenvalue weighted by molar-refractivity contribution is 5.71. The molecule has 0 aromatic heterocycles. The summed E-state index contributed by atoms with van der Waals surface area (Å²) >= 11 is 0. The maximum absolute atomic E-state index is 11.3. The molecule has 1 aliphatic carbocycles. The summed E-state index contributed by atoms with van der Waals surface area (Å²) < 4.78 is 9.77. The van der Waals surface area contributed by atoms with E-state index >= 15 is 0 Å². The highest BCUT2D eigenvalue weighted by Crippen LogP contribution is 2.20. The summed E-state index contributed by atoms with van der Waals surface area (Å²) in [5.41, 5.74) is 0. The molecule has 0 aliphatic heterocycles. The van der Waals surface area contributed by atoms with Gasteiger partial charge in [-0.2, -0.15) is 0 Å². The summed E-state index contributed by atoms with van der Waals surface area (Å²) in [6, 6.07) is 0. The third kappa shape index (κ3) is 6.97. The van der Waals surface area contributed by atoms with Crippen LogP contribution in [0.5, 0.6) is 0 Å². The highest BCUT2D eigenvalue weighted by Gasteiger charge is 2.08. The van der Waals surface area contributed by atoms with Gasteiger partial charge in [-0.05, 0) is 31.3 Å². The van der Waals surface area contributed by atoms with E-state index < -0.39 is 6.09 Å². The highest BCUT2D eigenvalue weighted by atomic mass is 16.5. The largest absolute Gasteiger partial charge is 0.464 e. The van der Waals surface area contributed by atoms with E-state index in [-0.39, 0.29) is 25.0 Å². The van der Waals surface area contributed by atoms with Gasteiger partial charge in [0.25, 0.3) is 0 Å². The molecule has 0 spiro atoms. The maximum Gasteiger partial charge on any atom is 0.412 e. The van der Waals surface area contributed by atoms with Crippen LogP contribution in [-0.2, 0) is 14.3 Å². The average Bonchev–Trinajstić information content (AvgIpc) is 2.92. The van der Waals surface area contributed by atoms with Gasteiger partial charge in [0.2, 0.25) is 0 Å². The van der Waals surface area contributed by atoms with Gasteiger partial charge in [0.15, 0.2) is 0 Å². The smallest absolute Gasteiger partial charge is 0.412 e. The number of carbonyl (C=O) groups excluding carboxylic acids is 2. The minimum Gasteiger partial charge on any atom is -0.464 e. The van der Waals surface area contributed by atoms with Crippen LogP contribution in [0.2, 0.25) is 0 Å². The van der Waals surface area contributed by atoms with Gasteiger partial charge in [0.1, 0.15) is 6.61 Å². The molecule has 0 heterocycles. The van der Waals surface area contributed by atoms with Crippen molar-refractivity contribution in [1.29, 1.82) is 0 Å². The Hall–Kier alpha value is -1.78. The molecule has 112 valence electrons. The van der Waals surface area contributed by atoms with Crippen LogP contribution in [0.25, 0.3) is 0 Å². The molecule has 0 bridgehead atoms. The maximum atomic E-state index is 11.3. The van der Waals surface area contributed by atoms with E-state index in [2.05, 4.69) is 17.5 Å². The van der Waals surface area contributed by atoms with Gasteiger partial charge in [-0.15, -0.1) is 0 Å². The summed E-state index contributed by atoms with van der Waals surface area (Å²) in [7, 11) is 0. The van der Waals surface area contributed by atoms with Crippen molar-refractivity contribution in [3.63, 3.8) is 0 Å². The van der Waals surface area contributed by atoms with Gasteiger partial charge in [-0.1, -0.05) is 26.0 Å². The molecule has 1 atom stereocenters. The molecule has 1 rings (SSSR count). The lowest BCUT2D eigenvalue weighted by Crippen LogP contribution is -2.28. The van der Waals surface area contributed by atoms with Crippen molar-refractivity contribution in [3.05, 3.63) is 24.5 Å². The van der Waals surface area contributed by atoms with Crippen LogP contribution < -0.4 is 5.32 Å². The van der Waals surface area contributed by atoms with Crippen molar-refractivity contribution in [2.24, 2.45) is 11.8 Å². The van der Waals surface area contributed by atoms with Gasteiger partial charge >= 0.3 is 12.1 Å². The molecule has 0 aromatic carbocycles. The number of hydrogen-bond donors (Lipinski definition) is 1. The third-order valence-corrected chi connectivity index (χ3v) is 2.91. The fourth-order valence-electron chi connectivity index (χ4n) is 1.74. The molecule has 0 radical (unpaired) electrons. The average molecular weight is 281 g/mol. The Morgan fingerprint density at radius 3 is 2.90 bits per heavy atom. The molecule has 0 aromatic rings. The molecule has 1 amide bonds. The third-order valence-electron chi connectivity index (χ3n) is 2.91. The van der Waals surface area contributed by atoms with Crippen LogP contribution in [0, 0.1) is 11.8 Å². The SMILES string of the molecule is CC(C)C(=O)OCCNC(=O)OC=CCC1C=CCC1. The fraction of sp³-hybridized carbons (Fsp3) is 0.600. The normalized spacial score (nSPS) is 17.6. The lowest BCUT2D eigenvalue weighted by Gasteiger charge is -2.07. The van der Waals surface area contributed by atoms with Crippen LogP contribution in [0.4, 0.5) is 4.79 Å². The molecular formula is C15H23NO4. The number of amides is 1. The minimum absolute atomic E-state index is 0.155. The second-order valence-corrected chi connectivity index (χ2v) is 5.03. The second-order valence-electron chi connectivity index (χ2n) is 5.03. The Kier molecular flexibility index (Phi) is 7.47. The summed E-state index contributed by atoms with van der Waals surface area (Å²) in [6.45, 7) is 3.92. The number of carbonyl (C=O) groups is 2. The first-order valence-corrected chi connectivity index (χ1v) is 7.02. The number of ether oxygens (including phenoxy) is 2. The van der Waals surface area contributed by atoms with Crippen molar-refractivity contribution < 1.29 is 19.1 Å². The minimum atomic E-state index is -0.538. The summed E-state index contributed by atoms with van der Waals surface area (Å²) in [5, 5.41) is 2.50. The second kappa shape index (κ2) is 9.18. The molecular weight excluding hydrogens is 258 g/mol. The molecule has 0 saturated carbocycles. The molecule has 20 heavy (non-hydrogen) atoms. The zero-order valence-electron chi connectivity index (χ0n) is 12.1. The number of rotatable bonds is 7. The Labute approximate surface area is 120 Å². The fourth-order valence-corrected chi connectivity index (χ4v) is 1.74. The Morgan fingerprint density at radius 1 is 1.45 bits per heavy atom. The van der Waals surface area contributed by atoms with E-state index in [4.69, 9.17) is 9.47 Å². The van der Waals surface area contributed by atoms with Gasteiger partial charge in [-0.3, -0.25) is 4.79 Å².